The van der Waals surface area contributed by atoms with Crippen LogP contribution < -0.4 is 14.2 Å². The molecule has 0 bridgehead atoms. The number of fused-ring (bicyclic) bond motifs is 2. The molecule has 7 nitrogen and oxygen atoms in total. The van der Waals surface area contributed by atoms with Gasteiger partial charge in [-0.15, -0.1) is 0 Å². The first-order valence-corrected chi connectivity index (χ1v) is 18.7. The fraction of sp³-hybridized carbons (Fsp3) is 0.571. The zero-order valence-corrected chi connectivity index (χ0v) is 30.3. The molecule has 0 amide bonds. The Labute approximate surface area is 294 Å². The second-order valence-electron chi connectivity index (χ2n) is 13.4. The largest absolute Gasteiger partial charge is 0.490 e. The third-order valence-corrected chi connectivity index (χ3v) is 9.56. The molecule has 4 rings (SSSR count). The summed E-state index contributed by atoms with van der Waals surface area (Å²) in [7, 11) is 0. The lowest BCUT2D eigenvalue weighted by Gasteiger charge is -2.26. The van der Waals surface area contributed by atoms with E-state index in [-0.39, 0.29) is 26.4 Å². The van der Waals surface area contributed by atoms with Crippen molar-refractivity contribution in [2.24, 2.45) is 11.8 Å². The molecule has 1 aliphatic carbocycles. The number of rotatable bonds is 24. The van der Waals surface area contributed by atoms with E-state index in [0.29, 0.717) is 37.9 Å². The van der Waals surface area contributed by atoms with Crippen molar-refractivity contribution in [3.05, 3.63) is 77.6 Å². The van der Waals surface area contributed by atoms with Gasteiger partial charge in [0, 0.05) is 41.5 Å². The van der Waals surface area contributed by atoms with E-state index in [1.807, 2.05) is 54.6 Å². The van der Waals surface area contributed by atoms with Crippen LogP contribution in [0.1, 0.15) is 90.2 Å². The lowest BCUT2D eigenvalue weighted by atomic mass is 9.89. The van der Waals surface area contributed by atoms with Crippen molar-refractivity contribution in [2.75, 3.05) is 39.6 Å². The average Bonchev–Trinajstić information content (AvgIpc) is 3.12. The minimum Gasteiger partial charge on any atom is -0.490 e. The summed E-state index contributed by atoms with van der Waals surface area (Å²) in [6.07, 6.45) is 10.8. The number of aliphatic hydroxyl groups is 2. The van der Waals surface area contributed by atoms with Gasteiger partial charge in [-0.25, -0.2) is 0 Å². The molecule has 0 aromatic heterocycles. The predicted octanol–water partition coefficient (Wildman–Crippen LogP) is 8.85. The Kier molecular flexibility index (Phi) is 16.7. The van der Waals surface area contributed by atoms with Crippen LogP contribution in [-0.2, 0) is 22.3 Å². The van der Waals surface area contributed by atoms with Crippen molar-refractivity contribution in [1.29, 1.82) is 0 Å². The van der Waals surface area contributed by atoms with E-state index in [0.717, 1.165) is 70.6 Å². The fourth-order valence-corrected chi connectivity index (χ4v) is 6.71. The summed E-state index contributed by atoms with van der Waals surface area (Å²) in [5, 5.41) is 23.5. The molecule has 7 heteroatoms. The molecule has 1 aliphatic rings. The number of aliphatic hydroxyl groups excluding tert-OH is 2. The summed E-state index contributed by atoms with van der Waals surface area (Å²) in [6.45, 7) is 10.9. The minimum atomic E-state index is -0.763. The van der Waals surface area contributed by atoms with Crippen molar-refractivity contribution < 1.29 is 33.9 Å². The number of hydrogen-bond donors (Lipinski definition) is 2. The highest BCUT2D eigenvalue weighted by molar-refractivity contribution is 5.96. The molecule has 0 spiro atoms. The fourth-order valence-electron chi connectivity index (χ4n) is 6.71. The first kappa shape index (κ1) is 38.7. The molecule has 3 aromatic carbocycles. The van der Waals surface area contributed by atoms with Crippen LogP contribution in [0, 0.1) is 11.8 Å². The van der Waals surface area contributed by atoms with Gasteiger partial charge in [0.1, 0.15) is 48.4 Å². The summed E-state index contributed by atoms with van der Waals surface area (Å²) in [4.78, 5) is 0. The van der Waals surface area contributed by atoms with Gasteiger partial charge in [-0.2, -0.15) is 0 Å². The third kappa shape index (κ3) is 12.0. The van der Waals surface area contributed by atoms with Crippen LogP contribution >= 0.6 is 0 Å². The Bertz CT molecular complexity index is 1410. The maximum atomic E-state index is 10.9. The van der Waals surface area contributed by atoms with E-state index in [2.05, 4.69) is 33.8 Å². The van der Waals surface area contributed by atoms with Crippen LogP contribution in [0.15, 0.2) is 66.4 Å². The summed E-state index contributed by atoms with van der Waals surface area (Å²) in [6, 6.07) is 17.8. The molecule has 0 radical (unpaired) electrons. The Balaban J connectivity index is 1.48. The maximum absolute atomic E-state index is 10.9. The number of ether oxygens (including phenoxy) is 5. The van der Waals surface area contributed by atoms with Crippen LogP contribution in [0.4, 0.5) is 0 Å². The molecule has 0 saturated heterocycles. The number of benzene rings is 3. The Morgan fingerprint density at radius 1 is 0.612 bits per heavy atom. The Morgan fingerprint density at radius 3 is 1.63 bits per heavy atom. The van der Waals surface area contributed by atoms with Crippen molar-refractivity contribution in [3.63, 3.8) is 0 Å². The second kappa shape index (κ2) is 21.2. The molecule has 3 aromatic rings. The van der Waals surface area contributed by atoms with Gasteiger partial charge < -0.3 is 33.9 Å². The molecule has 270 valence electrons. The standard InChI is InChI=1S/C42H60O7/c1-5-14-31(7-3)22-24-45-27-33(43)29-47-41-37-18-12-13-19-38(37)42(48-30-34(44)28-46-25-23-32(8-4)15-6-2)40-26-36(20-21-39(40)41)49-35-16-10-9-11-17-35/h9-13,16-20,31-34,43-44H,5-8,14-15,21-30H2,1-4H3. The van der Waals surface area contributed by atoms with Crippen LogP contribution in [0.2, 0.25) is 0 Å². The monoisotopic (exact) mass is 676 g/mol. The highest BCUT2D eigenvalue weighted by atomic mass is 16.5. The van der Waals surface area contributed by atoms with Crippen molar-refractivity contribution in [1.82, 2.24) is 0 Å². The Morgan fingerprint density at radius 2 is 1.12 bits per heavy atom. The van der Waals surface area contributed by atoms with Crippen LogP contribution in [0.5, 0.6) is 17.2 Å². The van der Waals surface area contributed by atoms with Gasteiger partial charge >= 0.3 is 0 Å². The topological polar surface area (TPSA) is 86.6 Å². The van der Waals surface area contributed by atoms with Gasteiger partial charge in [-0.05, 0) is 49.3 Å². The molecule has 4 atom stereocenters. The number of para-hydroxylation sites is 1. The summed E-state index contributed by atoms with van der Waals surface area (Å²) < 4.78 is 30.9. The van der Waals surface area contributed by atoms with Crippen molar-refractivity contribution in [3.8, 4) is 17.2 Å². The van der Waals surface area contributed by atoms with E-state index in [1.165, 1.54) is 25.7 Å². The highest BCUT2D eigenvalue weighted by Gasteiger charge is 2.26. The lowest BCUT2D eigenvalue weighted by molar-refractivity contribution is 0.00738. The molecule has 49 heavy (non-hydrogen) atoms. The zero-order valence-electron chi connectivity index (χ0n) is 30.3. The summed E-state index contributed by atoms with van der Waals surface area (Å²) in [5.74, 6) is 4.38. The van der Waals surface area contributed by atoms with E-state index in [9.17, 15) is 10.2 Å². The van der Waals surface area contributed by atoms with Gasteiger partial charge in [0.05, 0.1) is 13.2 Å². The van der Waals surface area contributed by atoms with Crippen LogP contribution in [0.25, 0.3) is 10.8 Å². The summed E-state index contributed by atoms with van der Waals surface area (Å²) in [5.41, 5.74) is 1.97. The van der Waals surface area contributed by atoms with E-state index >= 15 is 0 Å². The number of hydrogen-bond acceptors (Lipinski definition) is 7. The first-order valence-electron chi connectivity index (χ1n) is 18.7. The van der Waals surface area contributed by atoms with Gasteiger partial charge in [-0.1, -0.05) is 109 Å². The van der Waals surface area contributed by atoms with Crippen molar-refractivity contribution in [2.45, 2.75) is 104 Å². The van der Waals surface area contributed by atoms with Gasteiger partial charge in [-0.3, -0.25) is 0 Å². The van der Waals surface area contributed by atoms with Gasteiger partial charge in [0.2, 0.25) is 0 Å². The molecular formula is C42H60O7. The normalized spacial score (nSPS) is 15.3. The van der Waals surface area contributed by atoms with Crippen LogP contribution in [0.3, 0.4) is 0 Å². The molecule has 0 heterocycles. The minimum absolute atomic E-state index is 0.106. The van der Waals surface area contributed by atoms with Crippen LogP contribution in [-0.4, -0.2) is 62.1 Å². The predicted molar refractivity (Wildman–Crippen MR) is 198 cm³/mol. The van der Waals surface area contributed by atoms with Crippen molar-refractivity contribution >= 4 is 10.8 Å². The third-order valence-electron chi connectivity index (χ3n) is 9.56. The van der Waals surface area contributed by atoms with E-state index in [1.54, 1.807) is 0 Å². The summed E-state index contributed by atoms with van der Waals surface area (Å²) >= 11 is 0. The van der Waals surface area contributed by atoms with E-state index in [4.69, 9.17) is 23.7 Å². The molecule has 2 N–H and O–H groups in total. The van der Waals surface area contributed by atoms with Gasteiger partial charge in [0.15, 0.2) is 0 Å². The van der Waals surface area contributed by atoms with Gasteiger partial charge in [0.25, 0.3) is 0 Å². The Hall–Kier alpha value is -3.10. The first-order chi connectivity index (χ1) is 24.0. The maximum Gasteiger partial charge on any atom is 0.131 e. The zero-order chi connectivity index (χ0) is 34.8. The SMILES string of the molecule is CCCC(CC)CCOCC(O)COc1c2c(c(OCC(O)COCCC(CC)CCC)c3ccccc13)CC(Oc1ccccc1)=CC2. The quantitative estimate of drug-likeness (QED) is 0.0917. The van der Waals surface area contributed by atoms with E-state index < -0.39 is 12.2 Å². The lowest BCUT2D eigenvalue weighted by Crippen LogP contribution is -2.26. The molecule has 0 fully saturated rings. The smallest absolute Gasteiger partial charge is 0.131 e. The molecular weight excluding hydrogens is 616 g/mol. The molecule has 4 unspecified atom stereocenters. The molecule has 0 aliphatic heterocycles. The average molecular weight is 677 g/mol. The molecule has 0 saturated carbocycles. The second-order valence-corrected chi connectivity index (χ2v) is 13.4. The number of allylic oxidation sites excluding steroid dienone is 2. The highest BCUT2D eigenvalue weighted by Crippen LogP contribution is 2.44.